The molecule has 1 nitrogen and oxygen atoms in total. The molecule has 1 N–H and O–H groups in total. The van der Waals surface area contributed by atoms with Gasteiger partial charge in [-0.05, 0) is 49.9 Å². The Balaban J connectivity index is 2.29. The van der Waals surface area contributed by atoms with E-state index in [0.717, 1.165) is 0 Å². The predicted octanol–water partition coefficient (Wildman–Crippen LogP) is 2.97. The first-order valence-corrected chi connectivity index (χ1v) is 5.67. The standard InChI is InChI=1S/C12H22O/c1-11(2)8-7-9-5-4-6-10(11)12(9,3)13/h9-10,13H,4-8H2,1-3H3. The summed E-state index contributed by atoms with van der Waals surface area (Å²) in [6, 6.07) is 0. The van der Waals surface area contributed by atoms with Gasteiger partial charge in [0.15, 0.2) is 0 Å². The van der Waals surface area contributed by atoms with E-state index in [9.17, 15) is 5.11 Å². The van der Waals surface area contributed by atoms with Gasteiger partial charge in [0.1, 0.15) is 0 Å². The Morgan fingerprint density at radius 1 is 1.08 bits per heavy atom. The summed E-state index contributed by atoms with van der Waals surface area (Å²) in [5, 5.41) is 10.5. The maximum absolute atomic E-state index is 10.5. The normalized spacial score (nSPS) is 48.9. The Hall–Kier alpha value is -0.0400. The molecule has 3 unspecified atom stereocenters. The second kappa shape index (κ2) is 2.73. The van der Waals surface area contributed by atoms with Crippen molar-refractivity contribution in [1.82, 2.24) is 0 Å². The Morgan fingerprint density at radius 2 is 1.77 bits per heavy atom. The van der Waals surface area contributed by atoms with E-state index >= 15 is 0 Å². The van der Waals surface area contributed by atoms with Gasteiger partial charge in [-0.1, -0.05) is 20.3 Å². The van der Waals surface area contributed by atoms with Crippen LogP contribution in [0.3, 0.4) is 0 Å². The number of rotatable bonds is 0. The third kappa shape index (κ3) is 1.32. The summed E-state index contributed by atoms with van der Waals surface area (Å²) in [4.78, 5) is 0. The van der Waals surface area contributed by atoms with Crippen LogP contribution < -0.4 is 0 Å². The number of hydrogen-bond acceptors (Lipinski definition) is 1. The van der Waals surface area contributed by atoms with Gasteiger partial charge in [0.05, 0.1) is 5.60 Å². The highest BCUT2D eigenvalue weighted by Gasteiger charge is 2.52. The van der Waals surface area contributed by atoms with Gasteiger partial charge in [-0.15, -0.1) is 0 Å². The zero-order valence-electron chi connectivity index (χ0n) is 9.14. The molecule has 13 heavy (non-hydrogen) atoms. The molecule has 2 fully saturated rings. The minimum atomic E-state index is -0.375. The van der Waals surface area contributed by atoms with E-state index in [1.165, 1.54) is 32.1 Å². The molecule has 2 aliphatic carbocycles. The lowest BCUT2D eigenvalue weighted by molar-refractivity contribution is -0.152. The molecule has 2 saturated carbocycles. The highest BCUT2D eigenvalue weighted by atomic mass is 16.3. The van der Waals surface area contributed by atoms with Crippen LogP contribution in [0.25, 0.3) is 0 Å². The maximum atomic E-state index is 10.5. The van der Waals surface area contributed by atoms with Crippen molar-refractivity contribution in [3.8, 4) is 0 Å². The van der Waals surface area contributed by atoms with Gasteiger partial charge in [0.25, 0.3) is 0 Å². The summed E-state index contributed by atoms with van der Waals surface area (Å²) in [6.07, 6.45) is 6.35. The molecule has 0 aliphatic heterocycles. The van der Waals surface area contributed by atoms with Crippen LogP contribution in [-0.2, 0) is 0 Å². The van der Waals surface area contributed by atoms with Crippen molar-refractivity contribution in [3.63, 3.8) is 0 Å². The van der Waals surface area contributed by atoms with Crippen LogP contribution in [0, 0.1) is 17.3 Å². The van der Waals surface area contributed by atoms with Crippen LogP contribution in [0.4, 0.5) is 0 Å². The maximum Gasteiger partial charge on any atom is 0.0680 e. The van der Waals surface area contributed by atoms with Crippen LogP contribution >= 0.6 is 0 Å². The topological polar surface area (TPSA) is 20.2 Å². The molecular formula is C12H22O. The van der Waals surface area contributed by atoms with Gasteiger partial charge in [-0.2, -0.15) is 0 Å². The molecule has 0 aromatic rings. The molecule has 0 aromatic carbocycles. The van der Waals surface area contributed by atoms with Gasteiger partial charge >= 0.3 is 0 Å². The molecule has 0 heterocycles. The summed E-state index contributed by atoms with van der Waals surface area (Å²) in [7, 11) is 0. The fourth-order valence-electron chi connectivity index (χ4n) is 3.78. The van der Waals surface area contributed by atoms with Crippen molar-refractivity contribution in [2.45, 2.75) is 58.5 Å². The first-order valence-electron chi connectivity index (χ1n) is 5.67. The molecule has 0 radical (unpaired) electrons. The minimum Gasteiger partial charge on any atom is -0.390 e. The fraction of sp³-hybridized carbons (Fsp3) is 1.00. The van der Waals surface area contributed by atoms with Crippen molar-refractivity contribution in [2.24, 2.45) is 17.3 Å². The van der Waals surface area contributed by atoms with E-state index < -0.39 is 0 Å². The lowest BCUT2D eigenvalue weighted by Gasteiger charge is -2.55. The van der Waals surface area contributed by atoms with Gasteiger partial charge in [-0.3, -0.25) is 0 Å². The molecule has 0 spiro atoms. The smallest absolute Gasteiger partial charge is 0.0680 e. The van der Waals surface area contributed by atoms with E-state index in [2.05, 4.69) is 20.8 Å². The average molecular weight is 182 g/mol. The zero-order chi connectivity index (χ0) is 9.69. The molecule has 2 bridgehead atoms. The average Bonchev–Trinajstić information content (AvgIpc) is 1.97. The summed E-state index contributed by atoms with van der Waals surface area (Å²) in [6.45, 7) is 6.73. The van der Waals surface area contributed by atoms with Gasteiger partial charge < -0.3 is 5.11 Å². The monoisotopic (exact) mass is 182 g/mol. The Morgan fingerprint density at radius 3 is 2.38 bits per heavy atom. The van der Waals surface area contributed by atoms with Crippen molar-refractivity contribution >= 4 is 0 Å². The summed E-state index contributed by atoms with van der Waals surface area (Å²) < 4.78 is 0. The molecular weight excluding hydrogens is 160 g/mol. The van der Waals surface area contributed by atoms with Gasteiger partial charge in [0, 0.05) is 0 Å². The fourth-order valence-corrected chi connectivity index (χ4v) is 3.78. The molecule has 1 heteroatoms. The summed E-state index contributed by atoms with van der Waals surface area (Å²) in [5.41, 5.74) is -0.0135. The van der Waals surface area contributed by atoms with Crippen LogP contribution in [-0.4, -0.2) is 10.7 Å². The van der Waals surface area contributed by atoms with Gasteiger partial charge in [-0.25, -0.2) is 0 Å². The van der Waals surface area contributed by atoms with E-state index in [1.54, 1.807) is 0 Å². The third-order valence-corrected chi connectivity index (χ3v) is 4.66. The SMILES string of the molecule is CC1(C)CCC2CCCC1C2(C)O. The number of fused-ring (bicyclic) bond motifs is 2. The second-order valence-electron chi connectivity index (χ2n) is 5.93. The first-order chi connectivity index (χ1) is 5.94. The minimum absolute atomic E-state index is 0.362. The summed E-state index contributed by atoms with van der Waals surface area (Å²) >= 11 is 0. The van der Waals surface area contributed by atoms with Crippen molar-refractivity contribution in [1.29, 1.82) is 0 Å². The van der Waals surface area contributed by atoms with Crippen molar-refractivity contribution in [2.75, 3.05) is 0 Å². The van der Waals surface area contributed by atoms with E-state index in [1.807, 2.05) is 0 Å². The highest BCUT2D eigenvalue weighted by molar-refractivity contribution is 5.02. The Labute approximate surface area is 81.5 Å². The highest BCUT2D eigenvalue weighted by Crippen LogP contribution is 2.55. The summed E-state index contributed by atoms with van der Waals surface area (Å²) in [5.74, 6) is 1.12. The molecule has 3 atom stereocenters. The Bertz CT molecular complexity index is 205. The molecule has 0 saturated heterocycles. The third-order valence-electron chi connectivity index (χ3n) is 4.66. The molecule has 0 amide bonds. The van der Waals surface area contributed by atoms with Crippen molar-refractivity contribution < 1.29 is 5.11 Å². The van der Waals surface area contributed by atoms with E-state index in [0.29, 0.717) is 17.3 Å². The van der Waals surface area contributed by atoms with Crippen LogP contribution in [0.15, 0.2) is 0 Å². The molecule has 2 aliphatic rings. The Kier molecular flexibility index (Phi) is 1.99. The first kappa shape index (κ1) is 9.51. The number of aliphatic hydroxyl groups is 1. The quantitative estimate of drug-likeness (QED) is 0.610. The van der Waals surface area contributed by atoms with E-state index in [4.69, 9.17) is 0 Å². The van der Waals surface area contributed by atoms with Crippen LogP contribution in [0.2, 0.25) is 0 Å². The largest absolute Gasteiger partial charge is 0.390 e. The van der Waals surface area contributed by atoms with Crippen LogP contribution in [0.5, 0.6) is 0 Å². The predicted molar refractivity (Wildman–Crippen MR) is 54.5 cm³/mol. The molecule has 0 aromatic heterocycles. The lowest BCUT2D eigenvalue weighted by atomic mass is 9.53. The zero-order valence-corrected chi connectivity index (χ0v) is 9.14. The van der Waals surface area contributed by atoms with Crippen molar-refractivity contribution in [3.05, 3.63) is 0 Å². The van der Waals surface area contributed by atoms with Gasteiger partial charge in [0.2, 0.25) is 0 Å². The molecule has 2 rings (SSSR count). The number of hydrogen-bond donors (Lipinski definition) is 1. The molecule has 76 valence electrons. The van der Waals surface area contributed by atoms with E-state index in [-0.39, 0.29) is 5.60 Å². The second-order valence-corrected chi connectivity index (χ2v) is 5.93. The lowest BCUT2D eigenvalue weighted by Crippen LogP contribution is -2.54. The van der Waals surface area contributed by atoms with Crippen LogP contribution in [0.1, 0.15) is 52.9 Å².